The first-order chi connectivity index (χ1) is 13.8. The number of hydrogen-bond acceptors (Lipinski definition) is 4. The zero-order valence-electron chi connectivity index (χ0n) is 15.7. The zero-order valence-corrected chi connectivity index (χ0v) is 15.7. The quantitative estimate of drug-likeness (QED) is 0.485. The molecule has 0 spiro atoms. The second kappa shape index (κ2) is 7.20. The lowest BCUT2D eigenvalue weighted by atomic mass is 10.0. The van der Waals surface area contributed by atoms with Gasteiger partial charge >= 0.3 is 0 Å². The minimum atomic E-state index is -3.28. The number of pyridine rings is 2. The van der Waals surface area contributed by atoms with Gasteiger partial charge in [0, 0.05) is 24.9 Å². The van der Waals surface area contributed by atoms with Gasteiger partial charge in [-0.15, -0.1) is 0 Å². The molecule has 0 N–H and O–H groups in total. The topological polar surface area (TPSA) is 52.8 Å². The molecule has 4 aromatic rings. The summed E-state index contributed by atoms with van der Waals surface area (Å²) in [6.45, 7) is 1.11. The van der Waals surface area contributed by atoms with Gasteiger partial charge < -0.3 is 4.74 Å². The molecule has 0 aliphatic rings. The van der Waals surface area contributed by atoms with E-state index >= 15 is 0 Å². The van der Waals surface area contributed by atoms with Gasteiger partial charge in [0.25, 0.3) is 5.92 Å². The molecule has 4 rings (SSSR count). The summed E-state index contributed by atoms with van der Waals surface area (Å²) in [7, 11) is 1.57. The summed E-state index contributed by atoms with van der Waals surface area (Å²) in [4.78, 5) is 8.50. The van der Waals surface area contributed by atoms with Gasteiger partial charge in [-0.3, -0.25) is 14.6 Å². The third-order valence-electron chi connectivity index (χ3n) is 4.61. The molecule has 1 aromatic carbocycles. The number of hydrogen-bond donors (Lipinski definition) is 0. The molecule has 8 heteroatoms. The summed E-state index contributed by atoms with van der Waals surface area (Å²) in [5.41, 5.74) is 2.66. The fourth-order valence-corrected chi connectivity index (χ4v) is 3.12. The van der Waals surface area contributed by atoms with Crippen molar-refractivity contribution < 1.29 is 17.9 Å². The van der Waals surface area contributed by atoms with Crippen LogP contribution < -0.4 is 4.74 Å². The van der Waals surface area contributed by atoms with E-state index in [1.807, 2.05) is 6.07 Å². The Morgan fingerprint density at radius 1 is 1.03 bits per heavy atom. The van der Waals surface area contributed by atoms with Crippen LogP contribution in [0.3, 0.4) is 0 Å². The molecule has 0 saturated carbocycles. The number of aromatic nitrogens is 4. The maximum absolute atomic E-state index is 13.8. The monoisotopic (exact) mass is 398 g/mol. The average Bonchev–Trinajstić information content (AvgIpc) is 3.09. The first-order valence-electron chi connectivity index (χ1n) is 8.83. The van der Waals surface area contributed by atoms with Crippen LogP contribution in [-0.2, 0) is 12.5 Å². The lowest BCUT2D eigenvalue weighted by Gasteiger charge is -2.13. The van der Waals surface area contributed by atoms with Gasteiger partial charge in [-0.2, -0.15) is 5.10 Å². The highest BCUT2D eigenvalue weighted by Crippen LogP contribution is 2.33. The van der Waals surface area contributed by atoms with E-state index in [2.05, 4.69) is 15.1 Å². The maximum atomic E-state index is 13.8. The van der Waals surface area contributed by atoms with Crippen molar-refractivity contribution >= 4 is 11.0 Å². The minimum Gasteiger partial charge on any atom is -0.495 e. The normalized spacial score (nSPS) is 11.8. The van der Waals surface area contributed by atoms with Crippen molar-refractivity contribution in [1.29, 1.82) is 0 Å². The molecule has 0 fully saturated rings. The van der Waals surface area contributed by atoms with Gasteiger partial charge in [-0.25, -0.2) is 13.2 Å². The summed E-state index contributed by atoms with van der Waals surface area (Å²) in [5, 5.41) is 4.36. The SMILES string of the molecule is COc1cncc(Cn2ncc3ncc(-c4ccc(F)c(C(C)(F)F)c4)cc32)c1. The third-order valence-corrected chi connectivity index (χ3v) is 4.61. The van der Waals surface area contributed by atoms with Crippen LogP contribution in [0.2, 0.25) is 0 Å². The molecule has 0 atom stereocenters. The second-order valence-corrected chi connectivity index (χ2v) is 6.75. The molecular formula is C21H17F3N4O. The summed E-state index contributed by atoms with van der Waals surface area (Å²) in [5.74, 6) is -3.58. The van der Waals surface area contributed by atoms with Gasteiger partial charge in [0.05, 0.1) is 37.1 Å². The molecule has 0 aliphatic carbocycles. The van der Waals surface area contributed by atoms with Crippen LogP contribution in [0.1, 0.15) is 18.1 Å². The highest BCUT2D eigenvalue weighted by atomic mass is 19.3. The summed E-state index contributed by atoms with van der Waals surface area (Å²) in [6, 6.07) is 7.32. The molecule has 0 amide bonds. The Balaban J connectivity index is 1.74. The summed E-state index contributed by atoms with van der Waals surface area (Å²) >= 11 is 0. The van der Waals surface area contributed by atoms with E-state index < -0.39 is 17.3 Å². The highest BCUT2D eigenvalue weighted by molar-refractivity contribution is 5.80. The Bertz CT molecular complexity index is 1180. The Morgan fingerprint density at radius 3 is 2.62 bits per heavy atom. The molecule has 3 heterocycles. The molecule has 3 aromatic heterocycles. The largest absolute Gasteiger partial charge is 0.495 e. The van der Waals surface area contributed by atoms with Crippen LogP contribution in [0, 0.1) is 5.82 Å². The first-order valence-corrected chi connectivity index (χ1v) is 8.83. The van der Waals surface area contributed by atoms with E-state index in [4.69, 9.17) is 4.74 Å². The second-order valence-electron chi connectivity index (χ2n) is 6.75. The number of rotatable bonds is 5. The molecule has 0 radical (unpaired) electrons. The molecule has 0 bridgehead atoms. The number of methoxy groups -OCH3 is 1. The van der Waals surface area contributed by atoms with E-state index in [1.165, 1.54) is 6.07 Å². The molecular weight excluding hydrogens is 381 g/mol. The minimum absolute atomic E-state index is 0.431. The van der Waals surface area contributed by atoms with Crippen molar-refractivity contribution in [1.82, 2.24) is 19.7 Å². The highest BCUT2D eigenvalue weighted by Gasteiger charge is 2.28. The Labute approximate surface area is 164 Å². The Hall–Kier alpha value is -3.42. The fourth-order valence-electron chi connectivity index (χ4n) is 3.12. The molecule has 5 nitrogen and oxygen atoms in total. The molecule has 0 saturated heterocycles. The average molecular weight is 398 g/mol. The van der Waals surface area contributed by atoms with Crippen molar-refractivity contribution in [3.05, 3.63) is 72.1 Å². The predicted molar refractivity (Wildman–Crippen MR) is 102 cm³/mol. The third kappa shape index (κ3) is 3.78. The van der Waals surface area contributed by atoms with Crippen molar-refractivity contribution in [2.45, 2.75) is 19.4 Å². The van der Waals surface area contributed by atoms with Crippen LogP contribution in [0.15, 0.2) is 55.1 Å². The van der Waals surface area contributed by atoms with Crippen molar-refractivity contribution in [3.8, 4) is 16.9 Å². The van der Waals surface area contributed by atoms with Crippen molar-refractivity contribution in [2.75, 3.05) is 7.11 Å². The number of fused-ring (bicyclic) bond motifs is 1. The van der Waals surface area contributed by atoms with E-state index in [9.17, 15) is 13.2 Å². The van der Waals surface area contributed by atoms with Crippen molar-refractivity contribution in [2.24, 2.45) is 0 Å². The lowest BCUT2D eigenvalue weighted by Crippen LogP contribution is -2.10. The summed E-state index contributed by atoms with van der Waals surface area (Å²) in [6.07, 6.45) is 6.51. The van der Waals surface area contributed by atoms with E-state index in [-0.39, 0.29) is 0 Å². The number of benzene rings is 1. The Morgan fingerprint density at radius 2 is 1.86 bits per heavy atom. The smallest absolute Gasteiger partial charge is 0.273 e. The van der Waals surface area contributed by atoms with Gasteiger partial charge in [0.15, 0.2) is 0 Å². The van der Waals surface area contributed by atoms with Crippen LogP contribution in [0.4, 0.5) is 13.2 Å². The van der Waals surface area contributed by atoms with Gasteiger partial charge in [-0.1, -0.05) is 6.07 Å². The van der Waals surface area contributed by atoms with Crippen molar-refractivity contribution in [3.63, 3.8) is 0 Å². The number of alkyl halides is 2. The molecule has 0 unspecified atom stereocenters. The van der Waals surface area contributed by atoms with Crippen LogP contribution in [-0.4, -0.2) is 26.9 Å². The van der Waals surface area contributed by atoms with Gasteiger partial charge in [-0.05, 0) is 35.4 Å². The number of nitrogens with zero attached hydrogens (tertiary/aromatic N) is 4. The van der Waals surface area contributed by atoms with E-state index in [0.717, 1.165) is 23.2 Å². The first kappa shape index (κ1) is 18.9. The van der Waals surface area contributed by atoms with Gasteiger partial charge in [0.1, 0.15) is 17.1 Å². The summed E-state index contributed by atoms with van der Waals surface area (Å²) < 4.78 is 48.1. The number of ether oxygens (including phenoxy) is 1. The number of halogens is 3. The molecule has 29 heavy (non-hydrogen) atoms. The maximum Gasteiger partial charge on any atom is 0.273 e. The van der Waals surface area contributed by atoms with Crippen LogP contribution in [0.25, 0.3) is 22.2 Å². The predicted octanol–water partition coefficient (Wildman–Crippen LogP) is 4.80. The fraction of sp³-hybridized carbons (Fsp3) is 0.190. The lowest BCUT2D eigenvalue weighted by molar-refractivity contribution is 0.0138. The van der Waals surface area contributed by atoms with Crippen LogP contribution >= 0.6 is 0 Å². The van der Waals surface area contributed by atoms with E-state index in [0.29, 0.717) is 35.9 Å². The molecule has 0 aliphatic heterocycles. The van der Waals surface area contributed by atoms with Gasteiger partial charge in [0.2, 0.25) is 0 Å². The Kier molecular flexibility index (Phi) is 4.70. The van der Waals surface area contributed by atoms with E-state index in [1.54, 1.807) is 42.6 Å². The molecule has 148 valence electrons. The standard InChI is InChI=1S/C21H17F3N4O/c1-21(23,24)17-6-14(3-4-18(17)22)15-7-20-19(26-9-15)11-27-28(20)12-13-5-16(29-2)10-25-8-13/h3-11H,12H2,1-2H3. The van der Waals surface area contributed by atoms with Crippen LogP contribution in [0.5, 0.6) is 5.75 Å². The zero-order chi connectivity index (χ0) is 20.6.